The number of hydrogen-bond acceptors (Lipinski definition) is 6. The number of pyridine rings is 1. The molecule has 7 nitrogen and oxygen atoms in total. The lowest BCUT2D eigenvalue weighted by atomic mass is 10.0. The largest absolute Gasteiger partial charge is 0.497 e. The van der Waals surface area contributed by atoms with Crippen LogP contribution < -0.4 is 4.74 Å². The quantitative estimate of drug-likeness (QED) is 0.545. The SMILES string of the molecule is COC(=O)c1cccc(Cc2c(-c3cnco3)[nH]c3cc(OC)ccc23)n1. The van der Waals surface area contributed by atoms with Crippen LogP contribution in [0, 0.1) is 0 Å². The first-order chi connectivity index (χ1) is 13.2. The van der Waals surface area contributed by atoms with Crippen molar-refractivity contribution in [3.05, 3.63) is 65.9 Å². The third-order valence-corrected chi connectivity index (χ3v) is 4.35. The molecule has 0 spiro atoms. The fraction of sp³-hybridized carbons (Fsp3) is 0.150. The predicted octanol–water partition coefficient (Wildman–Crippen LogP) is 3.60. The van der Waals surface area contributed by atoms with Crippen molar-refractivity contribution >= 4 is 16.9 Å². The van der Waals surface area contributed by atoms with Crippen LogP contribution in [-0.4, -0.2) is 35.1 Å². The molecule has 136 valence electrons. The smallest absolute Gasteiger partial charge is 0.356 e. The van der Waals surface area contributed by atoms with E-state index in [-0.39, 0.29) is 5.69 Å². The van der Waals surface area contributed by atoms with Crippen LogP contribution in [0.25, 0.3) is 22.4 Å². The summed E-state index contributed by atoms with van der Waals surface area (Å²) in [5.74, 6) is 0.922. The molecule has 0 saturated heterocycles. The Morgan fingerprint density at radius 1 is 1.22 bits per heavy atom. The number of aromatic amines is 1. The summed E-state index contributed by atoms with van der Waals surface area (Å²) >= 11 is 0. The summed E-state index contributed by atoms with van der Waals surface area (Å²) in [7, 11) is 2.97. The Morgan fingerprint density at radius 3 is 2.85 bits per heavy atom. The number of ether oxygens (including phenoxy) is 2. The lowest BCUT2D eigenvalue weighted by molar-refractivity contribution is 0.0593. The van der Waals surface area contributed by atoms with Crippen molar-refractivity contribution < 1.29 is 18.7 Å². The number of H-pyrrole nitrogens is 1. The number of carbonyl (C=O) groups excluding carboxylic acids is 1. The maximum absolute atomic E-state index is 11.8. The van der Waals surface area contributed by atoms with Crippen LogP contribution in [0.4, 0.5) is 0 Å². The second kappa shape index (κ2) is 6.95. The summed E-state index contributed by atoms with van der Waals surface area (Å²) in [6.07, 6.45) is 3.55. The van der Waals surface area contributed by atoms with Gasteiger partial charge in [0.05, 0.1) is 26.1 Å². The molecule has 0 fully saturated rings. The zero-order valence-corrected chi connectivity index (χ0v) is 14.9. The number of aromatic nitrogens is 3. The van der Waals surface area contributed by atoms with Crippen LogP contribution in [0.3, 0.4) is 0 Å². The molecule has 3 aromatic heterocycles. The summed E-state index contributed by atoms with van der Waals surface area (Å²) < 4.78 is 15.6. The molecule has 0 amide bonds. The number of oxazole rings is 1. The van der Waals surface area contributed by atoms with Gasteiger partial charge in [-0.2, -0.15) is 0 Å². The van der Waals surface area contributed by atoms with Gasteiger partial charge in [0.1, 0.15) is 11.4 Å². The number of methoxy groups -OCH3 is 2. The predicted molar refractivity (Wildman–Crippen MR) is 98.7 cm³/mol. The van der Waals surface area contributed by atoms with Crippen molar-refractivity contribution in [2.24, 2.45) is 0 Å². The Bertz CT molecular complexity index is 1100. The molecule has 7 heteroatoms. The highest BCUT2D eigenvalue weighted by molar-refractivity contribution is 5.91. The van der Waals surface area contributed by atoms with Gasteiger partial charge in [0.15, 0.2) is 12.2 Å². The van der Waals surface area contributed by atoms with E-state index in [1.165, 1.54) is 13.5 Å². The average Bonchev–Trinajstić information content (AvgIpc) is 3.35. The highest BCUT2D eigenvalue weighted by Crippen LogP contribution is 2.33. The molecule has 0 aliphatic carbocycles. The molecule has 0 unspecified atom stereocenters. The molecule has 0 saturated carbocycles. The van der Waals surface area contributed by atoms with Gasteiger partial charge in [-0.3, -0.25) is 0 Å². The number of rotatable bonds is 5. The van der Waals surface area contributed by atoms with E-state index in [2.05, 4.69) is 15.0 Å². The summed E-state index contributed by atoms with van der Waals surface area (Å²) in [5.41, 5.74) is 3.76. The number of nitrogens with zero attached hydrogens (tertiary/aromatic N) is 2. The van der Waals surface area contributed by atoms with Gasteiger partial charge in [-0.1, -0.05) is 6.07 Å². The number of carbonyl (C=O) groups is 1. The standard InChI is InChI=1S/C20H17N3O4/c1-25-13-6-7-14-15(8-12-4-3-5-16(22-12)20(24)26-2)19(23-17(14)9-13)18-10-21-11-27-18/h3-7,9-11,23H,8H2,1-2H3. The average molecular weight is 363 g/mol. The minimum atomic E-state index is -0.462. The summed E-state index contributed by atoms with van der Waals surface area (Å²) in [6, 6.07) is 11.1. The minimum Gasteiger partial charge on any atom is -0.497 e. The normalized spacial score (nSPS) is 10.9. The van der Waals surface area contributed by atoms with Crippen molar-refractivity contribution in [1.82, 2.24) is 15.0 Å². The van der Waals surface area contributed by atoms with Gasteiger partial charge in [0.2, 0.25) is 0 Å². The lowest BCUT2D eigenvalue weighted by Gasteiger charge is -2.05. The van der Waals surface area contributed by atoms with Gasteiger partial charge in [0, 0.05) is 29.1 Å². The molecule has 0 atom stereocenters. The third kappa shape index (κ3) is 3.15. The van der Waals surface area contributed by atoms with Crippen LogP contribution in [0.5, 0.6) is 5.75 Å². The van der Waals surface area contributed by atoms with Gasteiger partial charge < -0.3 is 18.9 Å². The van der Waals surface area contributed by atoms with Gasteiger partial charge in [-0.15, -0.1) is 0 Å². The van der Waals surface area contributed by atoms with Crippen LogP contribution >= 0.6 is 0 Å². The van der Waals surface area contributed by atoms with E-state index in [1.54, 1.807) is 25.4 Å². The topological polar surface area (TPSA) is 90.2 Å². The number of benzene rings is 1. The minimum absolute atomic E-state index is 0.276. The maximum Gasteiger partial charge on any atom is 0.356 e. The molecule has 4 aromatic rings. The highest BCUT2D eigenvalue weighted by Gasteiger charge is 2.18. The monoisotopic (exact) mass is 363 g/mol. The van der Waals surface area contributed by atoms with Crippen LogP contribution in [0.1, 0.15) is 21.7 Å². The van der Waals surface area contributed by atoms with Gasteiger partial charge in [-0.25, -0.2) is 14.8 Å². The number of fused-ring (bicyclic) bond motifs is 1. The third-order valence-electron chi connectivity index (χ3n) is 4.35. The molecular weight excluding hydrogens is 346 g/mol. The van der Waals surface area contributed by atoms with Gasteiger partial charge in [0.25, 0.3) is 0 Å². The second-order valence-corrected chi connectivity index (χ2v) is 5.94. The molecule has 4 rings (SSSR count). The molecule has 0 aliphatic heterocycles. The van der Waals surface area contributed by atoms with E-state index >= 15 is 0 Å². The van der Waals surface area contributed by atoms with E-state index in [0.29, 0.717) is 12.2 Å². The molecule has 1 N–H and O–H groups in total. The lowest BCUT2D eigenvalue weighted by Crippen LogP contribution is -2.06. The van der Waals surface area contributed by atoms with E-state index in [0.717, 1.165) is 33.6 Å². The summed E-state index contributed by atoms with van der Waals surface area (Å²) in [4.78, 5) is 23.6. The van der Waals surface area contributed by atoms with E-state index in [4.69, 9.17) is 13.9 Å². The highest BCUT2D eigenvalue weighted by atomic mass is 16.5. The maximum atomic E-state index is 11.8. The molecule has 3 heterocycles. The first-order valence-corrected chi connectivity index (χ1v) is 8.31. The first kappa shape index (κ1) is 16.8. The van der Waals surface area contributed by atoms with Crippen LogP contribution in [0.2, 0.25) is 0 Å². The Hall–Kier alpha value is -3.61. The second-order valence-electron chi connectivity index (χ2n) is 5.94. The van der Waals surface area contributed by atoms with Crippen LogP contribution in [0.15, 0.2) is 53.4 Å². The Balaban J connectivity index is 1.82. The molecule has 0 bridgehead atoms. The molecule has 1 aromatic carbocycles. The molecule has 0 radical (unpaired) electrons. The number of nitrogens with one attached hydrogen (secondary N) is 1. The Labute approximate surface area is 155 Å². The van der Waals surface area contributed by atoms with Gasteiger partial charge in [-0.05, 0) is 29.8 Å². The van der Waals surface area contributed by atoms with Gasteiger partial charge >= 0.3 is 5.97 Å². The fourth-order valence-corrected chi connectivity index (χ4v) is 3.07. The van der Waals surface area contributed by atoms with E-state index in [9.17, 15) is 4.79 Å². The zero-order valence-electron chi connectivity index (χ0n) is 14.9. The van der Waals surface area contributed by atoms with Crippen molar-refractivity contribution in [1.29, 1.82) is 0 Å². The van der Waals surface area contributed by atoms with Crippen molar-refractivity contribution in [3.8, 4) is 17.2 Å². The summed E-state index contributed by atoms with van der Waals surface area (Å²) in [6.45, 7) is 0. The van der Waals surface area contributed by atoms with E-state index in [1.807, 2.05) is 24.3 Å². The molecule has 0 aliphatic rings. The Morgan fingerprint density at radius 2 is 2.11 bits per heavy atom. The van der Waals surface area contributed by atoms with Crippen molar-refractivity contribution in [2.75, 3.05) is 14.2 Å². The Kier molecular flexibility index (Phi) is 4.33. The number of esters is 1. The van der Waals surface area contributed by atoms with E-state index < -0.39 is 5.97 Å². The van der Waals surface area contributed by atoms with Crippen molar-refractivity contribution in [2.45, 2.75) is 6.42 Å². The number of hydrogen-bond donors (Lipinski definition) is 1. The zero-order chi connectivity index (χ0) is 18.8. The molecular formula is C20H17N3O4. The molecule has 27 heavy (non-hydrogen) atoms. The van der Waals surface area contributed by atoms with Crippen molar-refractivity contribution in [3.63, 3.8) is 0 Å². The summed E-state index contributed by atoms with van der Waals surface area (Å²) in [5, 5.41) is 1.02. The van der Waals surface area contributed by atoms with Crippen LogP contribution in [-0.2, 0) is 11.2 Å². The first-order valence-electron chi connectivity index (χ1n) is 8.31. The fourth-order valence-electron chi connectivity index (χ4n) is 3.07.